The van der Waals surface area contributed by atoms with Gasteiger partial charge in [-0.25, -0.2) is 8.78 Å². The van der Waals surface area contributed by atoms with E-state index in [4.69, 9.17) is 5.11 Å². The molecule has 0 spiro atoms. The zero-order chi connectivity index (χ0) is 10.8. The lowest BCUT2D eigenvalue weighted by atomic mass is 9.77. The van der Waals surface area contributed by atoms with Crippen LogP contribution in [0, 0.1) is 5.41 Å². The summed E-state index contributed by atoms with van der Waals surface area (Å²) in [6.45, 7) is 1.02. The summed E-state index contributed by atoms with van der Waals surface area (Å²) < 4.78 is 24.5. The van der Waals surface area contributed by atoms with Crippen molar-refractivity contribution in [1.29, 1.82) is 0 Å². The van der Waals surface area contributed by atoms with Crippen LogP contribution in [0.1, 0.15) is 19.3 Å². The Morgan fingerprint density at radius 3 is 2.71 bits per heavy atom. The van der Waals surface area contributed by atoms with Crippen molar-refractivity contribution in [3.63, 3.8) is 0 Å². The Balaban J connectivity index is 2.75. The Morgan fingerprint density at radius 1 is 1.64 bits per heavy atom. The van der Waals surface area contributed by atoms with Crippen molar-refractivity contribution in [3.8, 4) is 0 Å². The van der Waals surface area contributed by atoms with Gasteiger partial charge in [-0.15, -0.1) is 0 Å². The molecule has 1 N–H and O–H groups in total. The van der Waals surface area contributed by atoms with Gasteiger partial charge >= 0.3 is 5.97 Å². The second kappa shape index (κ2) is 4.21. The second-order valence-corrected chi connectivity index (χ2v) is 4.02. The Morgan fingerprint density at radius 2 is 2.29 bits per heavy atom. The highest BCUT2D eigenvalue weighted by Gasteiger charge is 2.43. The molecule has 0 radical (unpaired) electrons. The molecule has 1 aliphatic rings. The van der Waals surface area contributed by atoms with Gasteiger partial charge in [-0.05, 0) is 26.4 Å². The summed E-state index contributed by atoms with van der Waals surface area (Å²) in [4.78, 5) is 12.8. The van der Waals surface area contributed by atoms with Crippen LogP contribution in [0.3, 0.4) is 0 Å². The normalized spacial score (nSPS) is 29.4. The van der Waals surface area contributed by atoms with Crippen molar-refractivity contribution < 1.29 is 18.7 Å². The lowest BCUT2D eigenvalue weighted by molar-refractivity contribution is -0.155. The van der Waals surface area contributed by atoms with Gasteiger partial charge < -0.3 is 10.0 Å². The molecule has 0 aromatic rings. The number of nitrogens with zero attached hydrogens (tertiary/aromatic N) is 1. The highest BCUT2D eigenvalue weighted by molar-refractivity contribution is 5.75. The fourth-order valence-electron chi connectivity index (χ4n) is 2.09. The number of hydrogen-bond acceptors (Lipinski definition) is 2. The molecular weight excluding hydrogens is 192 g/mol. The van der Waals surface area contributed by atoms with E-state index < -0.39 is 24.2 Å². The van der Waals surface area contributed by atoms with Crippen LogP contribution in [0.2, 0.25) is 0 Å². The van der Waals surface area contributed by atoms with E-state index in [0.717, 1.165) is 6.54 Å². The summed E-state index contributed by atoms with van der Waals surface area (Å²) in [6, 6.07) is 0. The van der Waals surface area contributed by atoms with Gasteiger partial charge in [0.15, 0.2) is 0 Å². The molecule has 1 rings (SSSR count). The van der Waals surface area contributed by atoms with E-state index in [1.807, 2.05) is 0 Å². The molecule has 0 saturated carbocycles. The van der Waals surface area contributed by atoms with E-state index in [9.17, 15) is 13.6 Å². The van der Waals surface area contributed by atoms with Crippen LogP contribution >= 0.6 is 0 Å². The lowest BCUT2D eigenvalue weighted by Crippen LogP contribution is -2.47. The number of carbonyl (C=O) groups is 1. The quantitative estimate of drug-likeness (QED) is 0.761. The van der Waals surface area contributed by atoms with Gasteiger partial charge in [-0.2, -0.15) is 0 Å². The third kappa shape index (κ3) is 2.41. The summed E-state index contributed by atoms with van der Waals surface area (Å²) in [7, 11) is 1.77. The van der Waals surface area contributed by atoms with E-state index in [2.05, 4.69) is 0 Å². The maximum atomic E-state index is 12.3. The van der Waals surface area contributed by atoms with Crippen molar-refractivity contribution in [1.82, 2.24) is 4.90 Å². The first kappa shape index (κ1) is 11.4. The summed E-state index contributed by atoms with van der Waals surface area (Å²) in [5.74, 6) is -1.09. The molecule has 1 fully saturated rings. The highest BCUT2D eigenvalue weighted by Crippen LogP contribution is 2.35. The molecule has 82 valence electrons. The van der Waals surface area contributed by atoms with E-state index in [0.29, 0.717) is 12.8 Å². The van der Waals surface area contributed by atoms with Gasteiger partial charge in [0, 0.05) is 13.0 Å². The van der Waals surface area contributed by atoms with Crippen LogP contribution in [-0.4, -0.2) is 42.5 Å². The summed E-state index contributed by atoms with van der Waals surface area (Å²) in [6.07, 6.45) is -2.04. The molecule has 0 aromatic carbocycles. The van der Waals surface area contributed by atoms with Gasteiger partial charge in [-0.3, -0.25) is 4.79 Å². The molecular formula is C9H15F2NO2. The molecule has 1 aliphatic heterocycles. The van der Waals surface area contributed by atoms with Gasteiger partial charge in [0.2, 0.25) is 6.43 Å². The first-order chi connectivity index (χ1) is 6.46. The van der Waals surface area contributed by atoms with E-state index >= 15 is 0 Å². The molecule has 1 unspecified atom stereocenters. The Hall–Kier alpha value is -0.710. The van der Waals surface area contributed by atoms with E-state index in [-0.39, 0.29) is 6.54 Å². The third-order valence-corrected chi connectivity index (χ3v) is 2.77. The smallest absolute Gasteiger partial charge is 0.311 e. The number of piperidine rings is 1. The Bertz CT molecular complexity index is 219. The number of halogens is 2. The monoisotopic (exact) mass is 207 g/mol. The first-order valence-corrected chi connectivity index (χ1v) is 4.66. The number of alkyl halides is 2. The summed E-state index contributed by atoms with van der Waals surface area (Å²) in [5.41, 5.74) is -1.23. The SMILES string of the molecule is CN1CCCC(CC(F)F)(C(=O)O)C1. The highest BCUT2D eigenvalue weighted by atomic mass is 19.3. The Kier molecular flexibility index (Phi) is 3.42. The molecule has 5 heteroatoms. The third-order valence-electron chi connectivity index (χ3n) is 2.77. The van der Waals surface area contributed by atoms with E-state index in [1.165, 1.54) is 0 Å². The minimum Gasteiger partial charge on any atom is -0.481 e. The fraction of sp³-hybridized carbons (Fsp3) is 0.889. The van der Waals surface area contributed by atoms with Crippen molar-refractivity contribution in [3.05, 3.63) is 0 Å². The minimum atomic E-state index is -2.54. The average Bonchev–Trinajstić information content (AvgIpc) is 2.02. The Labute approximate surface area is 81.7 Å². The van der Waals surface area contributed by atoms with Crippen molar-refractivity contribution in [2.45, 2.75) is 25.7 Å². The topological polar surface area (TPSA) is 40.5 Å². The molecule has 1 atom stereocenters. The standard InChI is InChI=1S/C9H15F2NO2/c1-12-4-2-3-9(6-12,8(13)14)5-7(10)11/h7H,2-6H2,1H3,(H,13,14). The van der Waals surface area contributed by atoms with Crippen LogP contribution in [0.25, 0.3) is 0 Å². The predicted molar refractivity (Wildman–Crippen MR) is 47.4 cm³/mol. The van der Waals surface area contributed by atoms with Crippen molar-refractivity contribution >= 4 is 5.97 Å². The number of aliphatic carboxylic acids is 1. The maximum absolute atomic E-state index is 12.3. The van der Waals surface area contributed by atoms with Gasteiger partial charge in [0.25, 0.3) is 0 Å². The molecule has 0 aromatic heterocycles. The molecule has 0 bridgehead atoms. The molecule has 14 heavy (non-hydrogen) atoms. The van der Waals surface area contributed by atoms with Crippen LogP contribution in [0.15, 0.2) is 0 Å². The number of likely N-dealkylation sites (tertiary alicyclic amines) is 1. The summed E-state index contributed by atoms with van der Waals surface area (Å²) >= 11 is 0. The lowest BCUT2D eigenvalue weighted by Gasteiger charge is -2.37. The predicted octanol–water partition coefficient (Wildman–Crippen LogP) is 1.44. The van der Waals surface area contributed by atoms with Gasteiger partial charge in [0.1, 0.15) is 0 Å². The number of carboxylic acids is 1. The average molecular weight is 207 g/mol. The van der Waals surface area contributed by atoms with Crippen LogP contribution < -0.4 is 0 Å². The maximum Gasteiger partial charge on any atom is 0.311 e. The van der Waals surface area contributed by atoms with Crippen LogP contribution in [-0.2, 0) is 4.79 Å². The zero-order valence-electron chi connectivity index (χ0n) is 8.17. The number of rotatable bonds is 3. The van der Waals surface area contributed by atoms with Crippen LogP contribution in [0.4, 0.5) is 8.78 Å². The second-order valence-electron chi connectivity index (χ2n) is 4.02. The zero-order valence-corrected chi connectivity index (χ0v) is 8.17. The molecule has 0 amide bonds. The van der Waals surface area contributed by atoms with Crippen molar-refractivity contribution in [2.24, 2.45) is 5.41 Å². The molecule has 0 aliphatic carbocycles. The molecule has 1 saturated heterocycles. The first-order valence-electron chi connectivity index (χ1n) is 4.66. The minimum absolute atomic E-state index is 0.229. The van der Waals surface area contributed by atoms with Crippen LogP contribution in [0.5, 0.6) is 0 Å². The number of carboxylic acid groups (broad SMARTS) is 1. The molecule has 3 nitrogen and oxygen atoms in total. The number of hydrogen-bond donors (Lipinski definition) is 1. The van der Waals surface area contributed by atoms with E-state index in [1.54, 1.807) is 11.9 Å². The van der Waals surface area contributed by atoms with Gasteiger partial charge in [0.05, 0.1) is 5.41 Å². The largest absolute Gasteiger partial charge is 0.481 e. The summed E-state index contributed by atoms with van der Waals surface area (Å²) in [5, 5.41) is 9.00. The van der Waals surface area contributed by atoms with Gasteiger partial charge in [-0.1, -0.05) is 0 Å². The van der Waals surface area contributed by atoms with Crippen molar-refractivity contribution in [2.75, 3.05) is 20.1 Å². The molecule has 1 heterocycles. The fourth-order valence-corrected chi connectivity index (χ4v) is 2.09.